The van der Waals surface area contributed by atoms with Crippen molar-refractivity contribution in [3.05, 3.63) is 23.8 Å². The third kappa shape index (κ3) is 3.36. The highest BCUT2D eigenvalue weighted by atomic mass is 35.5. The van der Waals surface area contributed by atoms with Crippen LogP contribution in [0.2, 0.25) is 0 Å². The summed E-state index contributed by atoms with van der Waals surface area (Å²) in [5.41, 5.74) is -0.0216. The van der Waals surface area contributed by atoms with E-state index in [-0.39, 0.29) is 11.6 Å². The normalized spacial score (nSPS) is 15.5. The minimum Gasteiger partial charge on any atom is -0.370 e. The summed E-state index contributed by atoms with van der Waals surface area (Å²) in [6, 6.07) is 3.39. The highest BCUT2D eigenvalue weighted by molar-refractivity contribution is 6.29. The van der Waals surface area contributed by atoms with Crippen molar-refractivity contribution in [1.29, 1.82) is 0 Å². The first-order valence-electron chi connectivity index (χ1n) is 6.24. The summed E-state index contributed by atoms with van der Waals surface area (Å²) >= 11 is 5.40. The van der Waals surface area contributed by atoms with Gasteiger partial charge in [-0.3, -0.25) is 4.79 Å². The third-order valence-corrected chi connectivity index (χ3v) is 3.41. The number of benzene rings is 1. The Balaban J connectivity index is 2.37. The summed E-state index contributed by atoms with van der Waals surface area (Å²) in [5, 5.41) is 2.44. The van der Waals surface area contributed by atoms with Gasteiger partial charge in [0.2, 0.25) is 5.91 Å². The molecule has 0 atom stereocenters. The van der Waals surface area contributed by atoms with E-state index in [1.807, 2.05) is 4.90 Å². The molecular formula is C13H14ClF3N2O. The minimum atomic E-state index is -4.44. The van der Waals surface area contributed by atoms with E-state index < -0.39 is 17.6 Å². The van der Waals surface area contributed by atoms with Crippen LogP contribution in [0.15, 0.2) is 18.2 Å². The number of rotatable bonds is 3. The van der Waals surface area contributed by atoms with Crippen LogP contribution in [0.3, 0.4) is 0 Å². The number of anilines is 2. The van der Waals surface area contributed by atoms with Gasteiger partial charge in [0.1, 0.15) is 5.88 Å². The number of nitrogens with one attached hydrogen (secondary N) is 1. The number of hydrogen-bond acceptors (Lipinski definition) is 2. The number of halogens is 4. The lowest BCUT2D eigenvalue weighted by Crippen LogP contribution is -2.22. The van der Waals surface area contributed by atoms with E-state index in [0.29, 0.717) is 5.69 Å². The molecule has 1 aliphatic heterocycles. The molecule has 1 N–H and O–H groups in total. The Morgan fingerprint density at radius 2 is 1.95 bits per heavy atom. The van der Waals surface area contributed by atoms with E-state index in [0.717, 1.165) is 38.1 Å². The maximum absolute atomic E-state index is 12.7. The highest BCUT2D eigenvalue weighted by Crippen LogP contribution is 2.36. The van der Waals surface area contributed by atoms with Gasteiger partial charge in [-0.05, 0) is 31.0 Å². The van der Waals surface area contributed by atoms with Gasteiger partial charge in [-0.2, -0.15) is 13.2 Å². The van der Waals surface area contributed by atoms with E-state index in [2.05, 4.69) is 5.32 Å². The second-order valence-electron chi connectivity index (χ2n) is 4.61. The zero-order valence-corrected chi connectivity index (χ0v) is 11.4. The van der Waals surface area contributed by atoms with Crippen molar-refractivity contribution in [1.82, 2.24) is 0 Å². The monoisotopic (exact) mass is 306 g/mol. The van der Waals surface area contributed by atoms with E-state index in [1.165, 1.54) is 6.07 Å². The second kappa shape index (κ2) is 5.91. The summed E-state index contributed by atoms with van der Waals surface area (Å²) < 4.78 is 38.2. The fraction of sp³-hybridized carbons (Fsp3) is 0.462. The molecule has 1 heterocycles. The maximum atomic E-state index is 12.7. The van der Waals surface area contributed by atoms with E-state index >= 15 is 0 Å². The highest BCUT2D eigenvalue weighted by Gasteiger charge is 2.31. The molecule has 1 saturated heterocycles. The van der Waals surface area contributed by atoms with Crippen LogP contribution in [-0.4, -0.2) is 24.9 Å². The molecule has 1 amide bonds. The van der Waals surface area contributed by atoms with E-state index in [1.54, 1.807) is 0 Å². The topological polar surface area (TPSA) is 32.3 Å². The average Bonchev–Trinajstić information content (AvgIpc) is 2.91. The number of alkyl halides is 4. The Kier molecular flexibility index (Phi) is 4.42. The van der Waals surface area contributed by atoms with Crippen molar-refractivity contribution in [3.63, 3.8) is 0 Å². The summed E-state index contributed by atoms with van der Waals surface area (Å²) in [4.78, 5) is 13.3. The standard InChI is InChI=1S/C13H14ClF3N2O/c14-8-12(20)18-10-7-9(13(15,16)17)3-4-11(10)19-5-1-2-6-19/h3-4,7H,1-2,5-6,8H2,(H,18,20). The van der Waals surface area contributed by atoms with Crippen LogP contribution in [-0.2, 0) is 11.0 Å². The molecule has 1 fully saturated rings. The number of carbonyl (C=O) groups is 1. The molecule has 0 radical (unpaired) electrons. The molecule has 0 unspecified atom stereocenters. The van der Waals surface area contributed by atoms with Crippen molar-refractivity contribution in [3.8, 4) is 0 Å². The third-order valence-electron chi connectivity index (χ3n) is 3.17. The van der Waals surface area contributed by atoms with Crippen molar-refractivity contribution >= 4 is 28.9 Å². The lowest BCUT2D eigenvalue weighted by molar-refractivity contribution is -0.137. The lowest BCUT2D eigenvalue weighted by Gasteiger charge is -2.22. The van der Waals surface area contributed by atoms with Crippen molar-refractivity contribution in [2.24, 2.45) is 0 Å². The molecule has 0 aliphatic carbocycles. The van der Waals surface area contributed by atoms with Gasteiger partial charge < -0.3 is 10.2 Å². The SMILES string of the molecule is O=C(CCl)Nc1cc(C(F)(F)F)ccc1N1CCCC1. The summed E-state index contributed by atoms with van der Waals surface area (Å²) in [5.74, 6) is -0.818. The first-order valence-corrected chi connectivity index (χ1v) is 6.77. The van der Waals surface area contributed by atoms with Crippen LogP contribution in [0.25, 0.3) is 0 Å². The quantitative estimate of drug-likeness (QED) is 0.867. The number of carbonyl (C=O) groups excluding carboxylic acids is 1. The summed E-state index contributed by atoms with van der Waals surface area (Å²) in [6.45, 7) is 1.55. The molecule has 1 aromatic carbocycles. The second-order valence-corrected chi connectivity index (χ2v) is 4.87. The molecule has 20 heavy (non-hydrogen) atoms. The molecule has 1 aliphatic rings. The Morgan fingerprint density at radius 1 is 1.30 bits per heavy atom. The molecule has 0 spiro atoms. The van der Waals surface area contributed by atoms with Gasteiger partial charge >= 0.3 is 6.18 Å². The van der Waals surface area contributed by atoms with Crippen LogP contribution < -0.4 is 10.2 Å². The van der Waals surface area contributed by atoms with Crippen LogP contribution in [0.5, 0.6) is 0 Å². The smallest absolute Gasteiger partial charge is 0.370 e. The van der Waals surface area contributed by atoms with E-state index in [9.17, 15) is 18.0 Å². The number of amides is 1. The van der Waals surface area contributed by atoms with Crippen LogP contribution in [0, 0.1) is 0 Å². The first kappa shape index (κ1) is 15.0. The predicted octanol–water partition coefficient (Wildman–Crippen LogP) is 3.48. The molecular weight excluding hydrogens is 293 g/mol. The number of nitrogens with zero attached hydrogens (tertiary/aromatic N) is 1. The van der Waals surface area contributed by atoms with Crippen LogP contribution in [0.4, 0.5) is 24.5 Å². The van der Waals surface area contributed by atoms with Gasteiger partial charge in [0.15, 0.2) is 0 Å². The zero-order valence-electron chi connectivity index (χ0n) is 10.6. The fourth-order valence-corrected chi connectivity index (χ4v) is 2.30. The Bertz CT molecular complexity index is 499. The maximum Gasteiger partial charge on any atom is 0.416 e. The molecule has 3 nitrogen and oxygen atoms in total. The summed E-state index contributed by atoms with van der Waals surface area (Å²) in [6.07, 6.45) is -2.46. The Hall–Kier alpha value is -1.43. The molecule has 110 valence electrons. The number of hydrogen-bond donors (Lipinski definition) is 1. The molecule has 0 aromatic heterocycles. The molecule has 2 rings (SSSR count). The first-order chi connectivity index (χ1) is 9.41. The van der Waals surface area contributed by atoms with Gasteiger partial charge in [0.05, 0.1) is 16.9 Å². The largest absolute Gasteiger partial charge is 0.416 e. The fourth-order valence-electron chi connectivity index (χ4n) is 2.23. The van der Waals surface area contributed by atoms with Crippen LogP contribution >= 0.6 is 11.6 Å². The molecule has 7 heteroatoms. The van der Waals surface area contributed by atoms with Crippen LogP contribution in [0.1, 0.15) is 18.4 Å². The minimum absolute atomic E-state index is 0.160. The average molecular weight is 307 g/mol. The van der Waals surface area contributed by atoms with Gasteiger partial charge in [0, 0.05) is 13.1 Å². The van der Waals surface area contributed by atoms with Gasteiger partial charge in [-0.15, -0.1) is 11.6 Å². The predicted molar refractivity (Wildman–Crippen MR) is 72.2 cm³/mol. The van der Waals surface area contributed by atoms with Gasteiger partial charge in [-0.25, -0.2) is 0 Å². The van der Waals surface area contributed by atoms with Crippen molar-refractivity contribution < 1.29 is 18.0 Å². The van der Waals surface area contributed by atoms with E-state index in [4.69, 9.17) is 11.6 Å². The molecule has 1 aromatic rings. The van der Waals surface area contributed by atoms with Crippen molar-refractivity contribution in [2.75, 3.05) is 29.2 Å². The Labute approximate surface area is 119 Å². The summed E-state index contributed by atoms with van der Waals surface area (Å²) in [7, 11) is 0. The zero-order chi connectivity index (χ0) is 14.8. The van der Waals surface area contributed by atoms with Gasteiger partial charge in [-0.1, -0.05) is 0 Å². The molecule has 0 saturated carbocycles. The molecule has 0 bridgehead atoms. The Morgan fingerprint density at radius 3 is 2.50 bits per heavy atom. The van der Waals surface area contributed by atoms with Gasteiger partial charge in [0.25, 0.3) is 0 Å². The van der Waals surface area contributed by atoms with Crippen molar-refractivity contribution in [2.45, 2.75) is 19.0 Å². The lowest BCUT2D eigenvalue weighted by atomic mass is 10.1.